The molecule has 0 unspecified atom stereocenters. The van der Waals surface area contributed by atoms with Gasteiger partial charge in [-0.15, -0.1) is 0 Å². The van der Waals surface area contributed by atoms with Gasteiger partial charge in [0.2, 0.25) is 5.91 Å². The van der Waals surface area contributed by atoms with Crippen molar-refractivity contribution < 1.29 is 23.9 Å². The van der Waals surface area contributed by atoms with Crippen molar-refractivity contribution in [3.05, 3.63) is 11.3 Å². The maximum absolute atomic E-state index is 11.6. The molecule has 0 bridgehead atoms. The molecule has 86 valence electrons. The van der Waals surface area contributed by atoms with Crippen molar-refractivity contribution in [3.8, 4) is 0 Å². The summed E-state index contributed by atoms with van der Waals surface area (Å²) in [5.74, 6) is -1.36. The van der Waals surface area contributed by atoms with Crippen LogP contribution in [0.4, 0.5) is 0 Å². The number of carbonyl (C=O) groups is 3. The van der Waals surface area contributed by atoms with Gasteiger partial charge in [0.25, 0.3) is 0 Å². The van der Waals surface area contributed by atoms with Crippen LogP contribution in [-0.2, 0) is 23.9 Å². The van der Waals surface area contributed by atoms with Crippen LogP contribution in [0.5, 0.6) is 0 Å². The Bertz CT molecular complexity index is 398. The summed E-state index contributed by atoms with van der Waals surface area (Å²) in [6.45, 7) is 0.475. The predicted molar refractivity (Wildman–Crippen MR) is 50.9 cm³/mol. The number of nitrogens with zero attached hydrogens (tertiary/aromatic N) is 1. The number of hydrogen-bond acceptors (Lipinski definition) is 5. The molecular formula is C10H11NO5. The molecule has 0 radical (unpaired) electrons. The van der Waals surface area contributed by atoms with E-state index in [2.05, 4.69) is 4.74 Å². The van der Waals surface area contributed by atoms with Crippen LogP contribution in [-0.4, -0.2) is 43.0 Å². The normalized spacial score (nSPS) is 20.4. The molecule has 0 atom stereocenters. The molecule has 0 aliphatic carbocycles. The summed E-state index contributed by atoms with van der Waals surface area (Å²) in [6.07, 6.45) is 0.452. The van der Waals surface area contributed by atoms with Crippen LogP contribution in [0.1, 0.15) is 12.8 Å². The molecule has 2 rings (SSSR count). The number of ether oxygens (including phenoxy) is 2. The minimum atomic E-state index is -0.625. The van der Waals surface area contributed by atoms with Crippen LogP contribution in [0.25, 0.3) is 0 Å². The molecule has 1 amide bonds. The van der Waals surface area contributed by atoms with E-state index < -0.39 is 11.9 Å². The average molecular weight is 225 g/mol. The third kappa shape index (κ3) is 1.56. The molecule has 2 heterocycles. The molecule has 1 fully saturated rings. The van der Waals surface area contributed by atoms with E-state index in [9.17, 15) is 14.4 Å². The van der Waals surface area contributed by atoms with Crippen molar-refractivity contribution in [3.63, 3.8) is 0 Å². The second-order valence-electron chi connectivity index (χ2n) is 3.50. The highest BCUT2D eigenvalue weighted by atomic mass is 16.5. The van der Waals surface area contributed by atoms with Crippen molar-refractivity contribution in [1.82, 2.24) is 4.90 Å². The molecule has 1 saturated heterocycles. The third-order valence-corrected chi connectivity index (χ3v) is 2.62. The lowest BCUT2D eigenvalue weighted by Crippen LogP contribution is -2.45. The molecule has 2 aliphatic heterocycles. The zero-order valence-electron chi connectivity index (χ0n) is 8.82. The predicted octanol–water partition coefficient (Wildman–Crippen LogP) is -0.407. The van der Waals surface area contributed by atoms with E-state index in [1.807, 2.05) is 0 Å². The minimum Gasteiger partial charge on any atom is -0.466 e. The van der Waals surface area contributed by atoms with Gasteiger partial charge in [0, 0.05) is 6.42 Å². The van der Waals surface area contributed by atoms with E-state index in [4.69, 9.17) is 4.74 Å². The fraction of sp³-hybridized carbons (Fsp3) is 0.500. The van der Waals surface area contributed by atoms with Gasteiger partial charge in [0.1, 0.15) is 12.3 Å². The van der Waals surface area contributed by atoms with E-state index >= 15 is 0 Å². The fourth-order valence-corrected chi connectivity index (χ4v) is 1.86. The Balaban J connectivity index is 2.45. The van der Waals surface area contributed by atoms with Gasteiger partial charge in [-0.05, 0) is 6.42 Å². The molecule has 0 N–H and O–H groups in total. The lowest BCUT2D eigenvalue weighted by atomic mass is 10.0. The molecule has 0 aromatic rings. The van der Waals surface area contributed by atoms with Crippen molar-refractivity contribution in [1.29, 1.82) is 0 Å². The standard InChI is InChI=1S/C10H11NO5/c1-15-9(13)6-2-3-7(12)11-4-5-16-10(14)8(6)11/h2-5H2,1H3. The number of cyclic esters (lactones) is 1. The first-order valence-electron chi connectivity index (χ1n) is 4.94. The van der Waals surface area contributed by atoms with E-state index in [1.54, 1.807) is 0 Å². The van der Waals surface area contributed by atoms with Crippen LogP contribution in [0.2, 0.25) is 0 Å². The monoisotopic (exact) mass is 225 g/mol. The van der Waals surface area contributed by atoms with Gasteiger partial charge in [-0.3, -0.25) is 4.79 Å². The van der Waals surface area contributed by atoms with Crippen molar-refractivity contribution >= 4 is 17.8 Å². The molecule has 2 aliphatic rings. The van der Waals surface area contributed by atoms with E-state index in [0.29, 0.717) is 6.54 Å². The second-order valence-corrected chi connectivity index (χ2v) is 3.50. The van der Waals surface area contributed by atoms with Gasteiger partial charge < -0.3 is 14.4 Å². The molecule has 0 spiro atoms. The summed E-state index contributed by atoms with van der Waals surface area (Å²) < 4.78 is 9.40. The topological polar surface area (TPSA) is 72.9 Å². The lowest BCUT2D eigenvalue weighted by molar-refractivity contribution is -0.152. The molecule has 0 aromatic heterocycles. The van der Waals surface area contributed by atoms with Gasteiger partial charge in [0.05, 0.1) is 19.2 Å². The summed E-state index contributed by atoms with van der Waals surface area (Å²) in [4.78, 5) is 35.8. The number of morpholine rings is 1. The van der Waals surface area contributed by atoms with E-state index in [1.165, 1.54) is 12.0 Å². The summed E-state index contributed by atoms with van der Waals surface area (Å²) in [5.41, 5.74) is 0.279. The van der Waals surface area contributed by atoms with Gasteiger partial charge in [-0.1, -0.05) is 0 Å². The Morgan fingerprint density at radius 1 is 1.38 bits per heavy atom. The number of fused-ring (bicyclic) bond motifs is 1. The number of amides is 1. The van der Waals surface area contributed by atoms with Crippen molar-refractivity contribution in [2.45, 2.75) is 12.8 Å². The lowest BCUT2D eigenvalue weighted by Gasteiger charge is -2.33. The van der Waals surface area contributed by atoms with Crippen LogP contribution in [0.15, 0.2) is 11.3 Å². The second kappa shape index (κ2) is 3.96. The first-order chi connectivity index (χ1) is 7.65. The number of hydrogen-bond donors (Lipinski definition) is 0. The maximum Gasteiger partial charge on any atom is 0.355 e. The summed E-state index contributed by atoms with van der Waals surface area (Å²) in [5, 5.41) is 0. The summed E-state index contributed by atoms with van der Waals surface area (Å²) >= 11 is 0. The Labute approximate surface area is 91.8 Å². The Morgan fingerprint density at radius 3 is 2.81 bits per heavy atom. The van der Waals surface area contributed by atoms with E-state index in [0.717, 1.165) is 0 Å². The van der Waals surface area contributed by atoms with Crippen molar-refractivity contribution in [2.24, 2.45) is 0 Å². The molecule has 0 aromatic carbocycles. The summed E-state index contributed by atoms with van der Waals surface area (Å²) in [7, 11) is 1.24. The highest BCUT2D eigenvalue weighted by molar-refractivity contribution is 6.05. The Kier molecular flexibility index (Phi) is 2.64. The molecule has 6 heteroatoms. The smallest absolute Gasteiger partial charge is 0.355 e. The first kappa shape index (κ1) is 10.7. The largest absolute Gasteiger partial charge is 0.466 e. The van der Waals surface area contributed by atoms with Crippen LogP contribution in [0, 0.1) is 0 Å². The third-order valence-electron chi connectivity index (χ3n) is 2.62. The number of methoxy groups -OCH3 is 1. The molecule has 16 heavy (non-hydrogen) atoms. The number of esters is 2. The number of rotatable bonds is 1. The maximum atomic E-state index is 11.6. The van der Waals surface area contributed by atoms with Gasteiger partial charge >= 0.3 is 11.9 Å². The molecular weight excluding hydrogens is 214 g/mol. The Morgan fingerprint density at radius 2 is 2.12 bits per heavy atom. The van der Waals surface area contributed by atoms with Gasteiger partial charge in [-0.2, -0.15) is 0 Å². The van der Waals surface area contributed by atoms with Gasteiger partial charge in [0.15, 0.2) is 0 Å². The van der Waals surface area contributed by atoms with Gasteiger partial charge in [-0.25, -0.2) is 9.59 Å². The van der Waals surface area contributed by atoms with Crippen molar-refractivity contribution in [2.75, 3.05) is 20.3 Å². The van der Waals surface area contributed by atoms with Crippen LogP contribution < -0.4 is 0 Å². The molecule has 6 nitrogen and oxygen atoms in total. The zero-order valence-corrected chi connectivity index (χ0v) is 8.82. The highest BCUT2D eigenvalue weighted by Gasteiger charge is 2.37. The first-order valence-corrected chi connectivity index (χ1v) is 4.94. The fourth-order valence-electron chi connectivity index (χ4n) is 1.86. The molecule has 0 saturated carbocycles. The number of carbonyl (C=O) groups excluding carboxylic acids is 3. The minimum absolute atomic E-state index is 0.0503. The zero-order chi connectivity index (χ0) is 11.7. The quantitative estimate of drug-likeness (QED) is 0.567. The Hall–Kier alpha value is -1.85. The highest BCUT2D eigenvalue weighted by Crippen LogP contribution is 2.27. The van der Waals surface area contributed by atoms with E-state index in [-0.39, 0.29) is 36.6 Å². The van der Waals surface area contributed by atoms with Crippen LogP contribution in [0.3, 0.4) is 0 Å². The summed E-state index contributed by atoms with van der Waals surface area (Å²) in [6, 6.07) is 0. The average Bonchev–Trinajstić information content (AvgIpc) is 2.30. The van der Waals surface area contributed by atoms with Crippen LogP contribution >= 0.6 is 0 Å². The SMILES string of the molecule is COC(=O)C1=C2C(=O)OCCN2C(=O)CC1.